The number of quaternary nitrogens is 1. The second-order valence-corrected chi connectivity index (χ2v) is 4.69. The predicted octanol–water partition coefficient (Wildman–Crippen LogP) is -1.79. The van der Waals surface area contributed by atoms with Gasteiger partial charge in [0.25, 0.3) is 0 Å². The largest absolute Gasteiger partial charge is 1.00 e. The zero-order valence-electron chi connectivity index (χ0n) is 8.76. The van der Waals surface area contributed by atoms with Gasteiger partial charge < -0.3 is 33.2 Å². The Balaban J connectivity index is 0.00000144. The zero-order valence-corrected chi connectivity index (χ0v) is 10.9. The van der Waals surface area contributed by atoms with Gasteiger partial charge in [-0.25, -0.2) is 4.39 Å². The molecule has 3 atom stereocenters. The van der Waals surface area contributed by atoms with E-state index in [4.69, 9.17) is 4.74 Å². The van der Waals surface area contributed by atoms with Crippen molar-refractivity contribution in [2.75, 3.05) is 27.7 Å². The molecule has 13 heavy (non-hydrogen) atoms. The minimum absolute atomic E-state index is 0. The van der Waals surface area contributed by atoms with E-state index in [0.717, 1.165) is 11.0 Å². The fourth-order valence-corrected chi connectivity index (χ4v) is 1.62. The lowest BCUT2D eigenvalue weighted by Crippen LogP contribution is -3.00. The van der Waals surface area contributed by atoms with Crippen LogP contribution in [0.15, 0.2) is 0 Å². The summed E-state index contributed by atoms with van der Waals surface area (Å²) in [5.41, 5.74) is 0. The van der Waals surface area contributed by atoms with Gasteiger partial charge in [-0.05, 0) is 6.92 Å². The van der Waals surface area contributed by atoms with Crippen molar-refractivity contribution in [2.24, 2.45) is 0 Å². The second kappa shape index (κ2) is 4.89. The smallest absolute Gasteiger partial charge is 0.129 e. The normalized spacial score (nSPS) is 34.4. The van der Waals surface area contributed by atoms with Crippen molar-refractivity contribution in [1.29, 1.82) is 0 Å². The van der Waals surface area contributed by atoms with Crippen LogP contribution in [-0.4, -0.2) is 50.6 Å². The Morgan fingerprint density at radius 3 is 2.23 bits per heavy atom. The van der Waals surface area contributed by atoms with E-state index >= 15 is 0 Å². The average Bonchev–Trinajstić information content (AvgIpc) is 2.07. The van der Waals surface area contributed by atoms with E-state index in [1.165, 1.54) is 0 Å². The maximum Gasteiger partial charge on any atom is 0.129 e. The molecule has 0 aromatic carbocycles. The van der Waals surface area contributed by atoms with Crippen LogP contribution in [-0.2, 0) is 4.74 Å². The number of hydrogen-bond donors (Lipinski definition) is 0. The zero-order chi connectivity index (χ0) is 9.35. The van der Waals surface area contributed by atoms with Crippen molar-refractivity contribution in [1.82, 2.24) is 0 Å². The van der Waals surface area contributed by atoms with E-state index in [-0.39, 0.29) is 36.2 Å². The SMILES string of the molecule is CC1OC(C[N+](C)(C)C)CC1F.[I-]. The highest BCUT2D eigenvalue weighted by molar-refractivity contribution is 4.78. The molecule has 3 unspecified atom stereocenters. The number of likely N-dealkylation sites (N-methyl/N-ethyl adjacent to an activating group) is 1. The maximum absolute atomic E-state index is 13.0. The van der Waals surface area contributed by atoms with Crippen molar-refractivity contribution in [3.8, 4) is 0 Å². The first-order chi connectivity index (χ1) is 5.38. The van der Waals surface area contributed by atoms with Crippen molar-refractivity contribution < 1.29 is 37.6 Å². The van der Waals surface area contributed by atoms with Crippen LogP contribution in [0, 0.1) is 0 Å². The fraction of sp³-hybridized carbons (Fsp3) is 1.00. The molecule has 4 heteroatoms. The summed E-state index contributed by atoms with van der Waals surface area (Å²) in [6.45, 7) is 2.70. The first-order valence-electron chi connectivity index (χ1n) is 4.48. The Kier molecular flexibility index (Phi) is 5.10. The molecule has 1 aliphatic rings. The Hall–Kier alpha value is 0.580. The van der Waals surface area contributed by atoms with E-state index in [1.54, 1.807) is 6.92 Å². The molecular formula is C9H19FINO. The fourth-order valence-electron chi connectivity index (χ4n) is 1.62. The number of rotatable bonds is 2. The Bertz CT molecular complexity index is 150. The third-order valence-corrected chi connectivity index (χ3v) is 2.16. The van der Waals surface area contributed by atoms with Crippen LogP contribution < -0.4 is 24.0 Å². The summed E-state index contributed by atoms with van der Waals surface area (Å²) in [4.78, 5) is 0. The lowest BCUT2D eigenvalue weighted by molar-refractivity contribution is -0.873. The molecule has 1 rings (SSSR count). The molecule has 0 N–H and O–H groups in total. The topological polar surface area (TPSA) is 9.23 Å². The Morgan fingerprint density at radius 2 is 1.92 bits per heavy atom. The number of halogens is 2. The number of ether oxygens (including phenoxy) is 1. The molecule has 1 heterocycles. The van der Waals surface area contributed by atoms with Gasteiger partial charge in [-0.3, -0.25) is 0 Å². The molecular weight excluding hydrogens is 284 g/mol. The molecule has 1 aliphatic heterocycles. The van der Waals surface area contributed by atoms with E-state index in [9.17, 15) is 4.39 Å². The van der Waals surface area contributed by atoms with Gasteiger partial charge in [-0.15, -0.1) is 0 Å². The summed E-state index contributed by atoms with van der Waals surface area (Å²) in [5, 5.41) is 0. The highest BCUT2D eigenvalue weighted by Gasteiger charge is 2.34. The second-order valence-electron chi connectivity index (χ2n) is 4.69. The minimum Gasteiger partial charge on any atom is -1.00 e. The molecule has 1 saturated heterocycles. The number of hydrogen-bond acceptors (Lipinski definition) is 1. The highest BCUT2D eigenvalue weighted by atomic mass is 127. The molecule has 0 radical (unpaired) electrons. The van der Waals surface area contributed by atoms with Crippen LogP contribution >= 0.6 is 0 Å². The molecule has 80 valence electrons. The van der Waals surface area contributed by atoms with E-state index in [0.29, 0.717) is 6.42 Å². The molecule has 1 fully saturated rings. The summed E-state index contributed by atoms with van der Waals surface area (Å²) in [6, 6.07) is 0. The summed E-state index contributed by atoms with van der Waals surface area (Å²) in [6.07, 6.45) is -0.297. The van der Waals surface area contributed by atoms with Gasteiger partial charge >= 0.3 is 0 Å². The van der Waals surface area contributed by atoms with Crippen LogP contribution in [0.25, 0.3) is 0 Å². The van der Waals surface area contributed by atoms with Crippen LogP contribution in [0.4, 0.5) is 4.39 Å². The Labute approximate surface area is 97.0 Å². The van der Waals surface area contributed by atoms with Crippen LogP contribution in [0.2, 0.25) is 0 Å². The monoisotopic (exact) mass is 303 g/mol. The van der Waals surface area contributed by atoms with Gasteiger partial charge in [-0.1, -0.05) is 0 Å². The molecule has 0 spiro atoms. The predicted molar refractivity (Wildman–Crippen MR) is 46.7 cm³/mol. The van der Waals surface area contributed by atoms with E-state index in [2.05, 4.69) is 21.1 Å². The number of nitrogens with zero attached hydrogens (tertiary/aromatic N) is 1. The van der Waals surface area contributed by atoms with Crippen LogP contribution in [0.5, 0.6) is 0 Å². The van der Waals surface area contributed by atoms with E-state index in [1.807, 2.05) is 0 Å². The summed E-state index contributed by atoms with van der Waals surface area (Å²) < 4.78 is 19.3. The molecule has 0 aliphatic carbocycles. The van der Waals surface area contributed by atoms with Crippen molar-refractivity contribution in [3.63, 3.8) is 0 Å². The Morgan fingerprint density at radius 1 is 1.38 bits per heavy atom. The quantitative estimate of drug-likeness (QED) is 0.433. The van der Waals surface area contributed by atoms with Gasteiger partial charge in [0.15, 0.2) is 0 Å². The lowest BCUT2D eigenvalue weighted by atomic mass is 10.1. The average molecular weight is 303 g/mol. The summed E-state index contributed by atoms with van der Waals surface area (Å²) in [7, 11) is 6.29. The third kappa shape index (κ3) is 4.56. The highest BCUT2D eigenvalue weighted by Crippen LogP contribution is 2.23. The molecule has 0 saturated carbocycles. The van der Waals surface area contributed by atoms with Gasteiger partial charge in [0.05, 0.1) is 27.2 Å². The van der Waals surface area contributed by atoms with Crippen LogP contribution in [0.1, 0.15) is 13.3 Å². The maximum atomic E-state index is 13.0. The van der Waals surface area contributed by atoms with Crippen LogP contribution in [0.3, 0.4) is 0 Å². The standard InChI is InChI=1S/C9H19FNO.HI/c1-7-9(10)5-8(12-7)6-11(2,3)4;/h7-9H,5-6H2,1-4H3;1H/q+1;/p-1. The minimum atomic E-state index is -0.762. The summed E-state index contributed by atoms with van der Waals surface area (Å²) in [5.74, 6) is 0. The lowest BCUT2D eigenvalue weighted by Gasteiger charge is -2.26. The summed E-state index contributed by atoms with van der Waals surface area (Å²) >= 11 is 0. The van der Waals surface area contributed by atoms with Gasteiger partial charge in [0.2, 0.25) is 0 Å². The number of alkyl halides is 1. The molecule has 0 aromatic heterocycles. The van der Waals surface area contributed by atoms with Crippen molar-refractivity contribution in [3.05, 3.63) is 0 Å². The molecule has 0 bridgehead atoms. The molecule has 2 nitrogen and oxygen atoms in total. The first-order valence-corrected chi connectivity index (χ1v) is 4.48. The van der Waals surface area contributed by atoms with Crippen molar-refractivity contribution >= 4 is 0 Å². The third-order valence-electron chi connectivity index (χ3n) is 2.16. The first kappa shape index (κ1) is 13.6. The van der Waals surface area contributed by atoms with Crippen molar-refractivity contribution in [2.45, 2.75) is 31.7 Å². The molecule has 0 amide bonds. The van der Waals surface area contributed by atoms with E-state index < -0.39 is 6.17 Å². The molecule has 0 aromatic rings. The van der Waals surface area contributed by atoms with Gasteiger partial charge in [-0.2, -0.15) is 0 Å². The van der Waals surface area contributed by atoms with Gasteiger partial charge in [0.1, 0.15) is 18.8 Å². The van der Waals surface area contributed by atoms with Gasteiger partial charge in [0, 0.05) is 6.42 Å².